The predicted octanol–water partition coefficient (Wildman–Crippen LogP) is 2.63. The average molecular weight is 523 g/mol. The monoisotopic (exact) mass is 523 g/mol. The van der Waals surface area contributed by atoms with Crippen LogP contribution in [0.5, 0.6) is 5.75 Å². The van der Waals surface area contributed by atoms with E-state index in [1.807, 2.05) is 18.2 Å². The second kappa shape index (κ2) is 13.1. The lowest BCUT2D eigenvalue weighted by Gasteiger charge is -2.36. The molecule has 0 radical (unpaired) electrons. The number of rotatable bonds is 8. The highest BCUT2D eigenvalue weighted by molar-refractivity contribution is 14.0. The summed E-state index contributed by atoms with van der Waals surface area (Å²) < 4.78 is 10.3. The molecule has 2 aromatic rings. The van der Waals surface area contributed by atoms with E-state index in [2.05, 4.69) is 45.3 Å². The number of benzene rings is 1. The number of nitrogens with zero attached hydrogens (tertiary/aromatic N) is 4. The van der Waals surface area contributed by atoms with Gasteiger partial charge in [-0.25, -0.2) is 0 Å². The lowest BCUT2D eigenvalue weighted by Crippen LogP contribution is -2.52. The molecule has 0 spiro atoms. The summed E-state index contributed by atoms with van der Waals surface area (Å²) in [6.45, 7) is 8.69. The highest BCUT2D eigenvalue weighted by atomic mass is 127. The van der Waals surface area contributed by atoms with E-state index < -0.39 is 0 Å². The molecule has 1 aromatic heterocycles. The van der Waals surface area contributed by atoms with E-state index in [-0.39, 0.29) is 24.0 Å². The summed E-state index contributed by atoms with van der Waals surface area (Å²) in [6, 6.07) is 9.96. The molecule has 1 aliphatic heterocycles. The largest absolute Gasteiger partial charge is 0.481 e. The molecule has 0 unspecified atom stereocenters. The summed E-state index contributed by atoms with van der Waals surface area (Å²) in [4.78, 5) is 9.56. The molecule has 1 aliphatic rings. The molecule has 1 aromatic carbocycles. The van der Waals surface area contributed by atoms with E-state index in [0.717, 1.165) is 69.6 Å². The number of hydrogen-bond acceptors (Lipinski definition) is 5. The Morgan fingerprint density at radius 2 is 2.00 bits per heavy atom. The van der Waals surface area contributed by atoms with Gasteiger partial charge in [-0.15, -0.1) is 30.4 Å². The van der Waals surface area contributed by atoms with Gasteiger partial charge in [-0.05, 0) is 31.0 Å². The van der Waals surface area contributed by atoms with E-state index >= 15 is 0 Å². The second-order valence-corrected chi connectivity index (χ2v) is 6.88. The number of terminal acetylenes is 1. The highest BCUT2D eigenvalue weighted by Crippen LogP contribution is 2.13. The molecule has 7 nitrogen and oxygen atoms in total. The minimum absolute atomic E-state index is 0. The minimum Gasteiger partial charge on any atom is -0.481 e. The van der Waals surface area contributed by atoms with Crippen molar-refractivity contribution in [3.8, 4) is 18.1 Å². The smallest absolute Gasteiger partial charge is 0.194 e. The van der Waals surface area contributed by atoms with Crippen LogP contribution < -0.4 is 10.1 Å². The first-order valence-electron chi connectivity index (χ1n) is 10.1. The van der Waals surface area contributed by atoms with Gasteiger partial charge in [-0.3, -0.25) is 9.89 Å². The zero-order valence-corrected chi connectivity index (χ0v) is 19.7. The molecular formula is C22H30IN5O2. The Morgan fingerprint density at radius 1 is 1.23 bits per heavy atom. The molecule has 1 N–H and O–H groups in total. The van der Waals surface area contributed by atoms with Crippen molar-refractivity contribution in [2.24, 2.45) is 4.99 Å². The van der Waals surface area contributed by atoms with E-state index in [1.54, 1.807) is 6.26 Å². The van der Waals surface area contributed by atoms with Crippen LogP contribution >= 0.6 is 24.0 Å². The summed E-state index contributed by atoms with van der Waals surface area (Å²) >= 11 is 0. The van der Waals surface area contributed by atoms with Crippen molar-refractivity contribution in [1.82, 2.24) is 20.3 Å². The summed E-state index contributed by atoms with van der Waals surface area (Å²) in [5.41, 5.74) is 2.21. The van der Waals surface area contributed by atoms with Crippen LogP contribution in [0.1, 0.15) is 18.2 Å². The van der Waals surface area contributed by atoms with Crippen molar-refractivity contribution in [2.45, 2.75) is 19.9 Å². The van der Waals surface area contributed by atoms with Gasteiger partial charge in [0.25, 0.3) is 0 Å². The van der Waals surface area contributed by atoms with Crippen molar-refractivity contribution >= 4 is 29.9 Å². The molecule has 1 fully saturated rings. The first kappa shape index (κ1) is 24.0. The number of aromatic nitrogens is 1. The van der Waals surface area contributed by atoms with E-state index in [0.29, 0.717) is 6.61 Å². The zero-order chi connectivity index (χ0) is 20.3. The molecule has 0 bridgehead atoms. The van der Waals surface area contributed by atoms with E-state index in [1.165, 1.54) is 5.56 Å². The maximum atomic E-state index is 5.41. The molecule has 30 heavy (non-hydrogen) atoms. The lowest BCUT2D eigenvalue weighted by atomic mass is 10.1. The van der Waals surface area contributed by atoms with Gasteiger partial charge in [-0.2, -0.15) is 0 Å². The summed E-state index contributed by atoms with van der Waals surface area (Å²) in [5, 5.41) is 7.42. The van der Waals surface area contributed by atoms with Crippen LogP contribution in [0.25, 0.3) is 0 Å². The summed E-state index contributed by atoms with van der Waals surface area (Å²) in [5.74, 6) is 4.26. The Kier molecular flexibility index (Phi) is 10.5. The van der Waals surface area contributed by atoms with Gasteiger partial charge in [0.1, 0.15) is 18.6 Å². The number of hydrogen-bond donors (Lipinski definition) is 1. The van der Waals surface area contributed by atoms with Crippen molar-refractivity contribution in [3.05, 3.63) is 47.9 Å². The van der Waals surface area contributed by atoms with Crippen molar-refractivity contribution in [3.63, 3.8) is 0 Å². The maximum Gasteiger partial charge on any atom is 0.194 e. The van der Waals surface area contributed by atoms with Gasteiger partial charge in [-0.1, -0.05) is 23.2 Å². The quantitative estimate of drug-likeness (QED) is 0.249. The van der Waals surface area contributed by atoms with Gasteiger partial charge >= 0.3 is 0 Å². The molecule has 2 heterocycles. The van der Waals surface area contributed by atoms with Crippen LogP contribution in [0.4, 0.5) is 0 Å². The Hall–Kier alpha value is -2.25. The Bertz CT molecular complexity index is 794. The minimum atomic E-state index is 0. The lowest BCUT2D eigenvalue weighted by molar-refractivity contribution is 0.169. The van der Waals surface area contributed by atoms with Crippen LogP contribution in [0.2, 0.25) is 0 Å². The number of guanidine groups is 1. The van der Waals surface area contributed by atoms with Crippen LogP contribution in [0.15, 0.2) is 46.1 Å². The van der Waals surface area contributed by atoms with E-state index in [4.69, 9.17) is 20.7 Å². The third-order valence-electron chi connectivity index (χ3n) is 4.79. The average Bonchev–Trinajstić information content (AvgIpc) is 3.26. The van der Waals surface area contributed by atoms with Crippen LogP contribution in [-0.4, -0.2) is 66.8 Å². The summed E-state index contributed by atoms with van der Waals surface area (Å²) in [7, 11) is 0. The number of nitrogens with one attached hydrogen (secondary N) is 1. The first-order chi connectivity index (χ1) is 14.3. The van der Waals surface area contributed by atoms with Gasteiger partial charge in [0.2, 0.25) is 0 Å². The predicted molar refractivity (Wildman–Crippen MR) is 129 cm³/mol. The second-order valence-electron chi connectivity index (χ2n) is 6.88. The molecule has 162 valence electrons. The van der Waals surface area contributed by atoms with Crippen molar-refractivity contribution in [2.75, 3.05) is 45.9 Å². The molecule has 0 aliphatic carbocycles. The summed E-state index contributed by atoms with van der Waals surface area (Å²) in [6.07, 6.45) is 7.73. The normalized spacial score (nSPS) is 14.7. The highest BCUT2D eigenvalue weighted by Gasteiger charge is 2.20. The Balaban J connectivity index is 0.00000320. The maximum absolute atomic E-state index is 5.41. The van der Waals surface area contributed by atoms with Crippen LogP contribution in [-0.2, 0) is 13.0 Å². The molecule has 0 amide bonds. The Morgan fingerprint density at radius 3 is 2.63 bits per heavy atom. The molecule has 3 rings (SSSR count). The first-order valence-corrected chi connectivity index (χ1v) is 10.1. The molecule has 0 atom stereocenters. The van der Waals surface area contributed by atoms with Crippen LogP contribution in [0.3, 0.4) is 0 Å². The molecule has 1 saturated heterocycles. The molecule has 0 saturated carbocycles. The van der Waals surface area contributed by atoms with Gasteiger partial charge < -0.3 is 19.5 Å². The fourth-order valence-electron chi connectivity index (χ4n) is 3.26. The number of piperazine rings is 1. The molecular weight excluding hydrogens is 493 g/mol. The van der Waals surface area contributed by atoms with Gasteiger partial charge in [0.05, 0.1) is 5.69 Å². The fraction of sp³-hybridized carbons (Fsp3) is 0.455. The van der Waals surface area contributed by atoms with Crippen molar-refractivity contribution < 1.29 is 9.26 Å². The van der Waals surface area contributed by atoms with E-state index in [9.17, 15) is 0 Å². The number of aliphatic imine (C=N–C) groups is 1. The SMILES string of the molecule is C#CCOc1ccc(CCN=C(NCC)N2CCN(Cc3ccon3)CC2)cc1.I. The fourth-order valence-corrected chi connectivity index (χ4v) is 3.26. The number of ether oxygens (including phenoxy) is 1. The van der Waals surface area contributed by atoms with Gasteiger partial charge in [0, 0.05) is 51.9 Å². The molecule has 8 heteroatoms. The third kappa shape index (κ3) is 7.54. The standard InChI is InChI=1S/C22H29N5O2.HI/c1-3-16-28-21-7-5-19(6-8-21)9-11-24-22(23-4-2)27-14-12-26(13-15-27)18-20-10-17-29-25-20;/h1,5-8,10,17H,4,9,11-16,18H2,2H3,(H,23,24);1H. The topological polar surface area (TPSA) is 66.1 Å². The van der Waals surface area contributed by atoms with Gasteiger partial charge in [0.15, 0.2) is 5.96 Å². The Labute approximate surface area is 195 Å². The number of halogens is 1. The van der Waals surface area contributed by atoms with Crippen molar-refractivity contribution in [1.29, 1.82) is 0 Å². The zero-order valence-electron chi connectivity index (χ0n) is 17.4. The van der Waals surface area contributed by atoms with Crippen LogP contribution in [0, 0.1) is 12.3 Å². The third-order valence-corrected chi connectivity index (χ3v) is 4.79.